The van der Waals surface area contributed by atoms with Crippen LogP contribution in [0.25, 0.3) is 11.1 Å². The van der Waals surface area contributed by atoms with Gasteiger partial charge in [0.15, 0.2) is 0 Å². The molecule has 0 aliphatic carbocycles. The first-order valence-corrected chi connectivity index (χ1v) is 37.2. The summed E-state index contributed by atoms with van der Waals surface area (Å²) in [7, 11) is 0. The van der Waals surface area contributed by atoms with Gasteiger partial charge in [-0.15, -0.1) is 4.79 Å². The monoisotopic (exact) mass is 1220 g/mol. The predicted molar refractivity (Wildman–Crippen MR) is 366 cm³/mol. The number of allylic oxidation sites excluding steroid dienone is 2. The van der Waals surface area contributed by atoms with Crippen LogP contribution in [0.5, 0.6) is 0 Å². The van der Waals surface area contributed by atoms with E-state index in [9.17, 15) is 5.53 Å². The van der Waals surface area contributed by atoms with Gasteiger partial charge in [0.25, 0.3) is 0 Å². The van der Waals surface area contributed by atoms with Crippen LogP contribution < -0.4 is 8.07 Å². The average Bonchev–Trinajstić information content (AvgIpc) is 3.71. The van der Waals surface area contributed by atoms with Gasteiger partial charge in [0, 0.05) is 0 Å². The number of aryl methyl sites for hydroxylation is 4. The second-order valence-corrected chi connectivity index (χ2v) is 26.9. The summed E-state index contributed by atoms with van der Waals surface area (Å²) in [5.41, 5.74) is 22.9. The van der Waals surface area contributed by atoms with Crippen LogP contribution in [0.2, 0.25) is 0 Å². The second kappa shape index (κ2) is 52.7. The first-order chi connectivity index (χ1) is 41.0. The van der Waals surface area contributed by atoms with Crippen molar-refractivity contribution in [2.75, 3.05) is 0 Å². The number of hydrogen-bond acceptors (Lipinski definition) is 0. The Morgan fingerprint density at radius 1 is 0.325 bits per heavy atom. The number of benzene rings is 4. The van der Waals surface area contributed by atoms with Crippen LogP contribution in [0.4, 0.5) is 0 Å². The predicted octanol–water partition coefficient (Wildman–Crippen LogP) is 24.7. The van der Waals surface area contributed by atoms with E-state index >= 15 is 0 Å². The van der Waals surface area contributed by atoms with Crippen molar-refractivity contribution >= 4 is 19.5 Å². The fraction of sp³-hybridized carbons (Fsp3) is 0.650. The fourth-order valence-electron chi connectivity index (χ4n) is 11.9. The standard InChI is InChI=1S/C68H116N2.2C6H5.Pd/c1-7-13-19-22-25-26-27-28-29-30-31-32-33-34-35-36-37-38-39-40-43-46-52-67(64(59-70-69)51-18-12-6)68(65-55-60(47-16-10-4)53-61(56-65)48-17-11-5)66-57-62(49-44-41-23-20-14-8-2)54-63(58-66)50-45-42-24-21-15-9-3;2*1-2-4-6-5-3-1;/h53-58H,7-52H2,1-6H3;2*1-5H;. The van der Waals surface area contributed by atoms with Gasteiger partial charge in [0.05, 0.1) is 5.57 Å². The van der Waals surface area contributed by atoms with Gasteiger partial charge in [-0.2, -0.15) is 0 Å². The van der Waals surface area contributed by atoms with Crippen LogP contribution in [0.1, 0.15) is 345 Å². The van der Waals surface area contributed by atoms with E-state index in [1.807, 2.05) is 0 Å². The van der Waals surface area contributed by atoms with Gasteiger partial charge >= 0.3 is 92.6 Å². The number of unbranched alkanes of at least 4 members (excludes halogenated alkanes) is 34. The van der Waals surface area contributed by atoms with Crippen molar-refractivity contribution < 1.29 is 22.8 Å². The molecule has 0 fully saturated rings. The quantitative estimate of drug-likeness (QED) is 0.0106. The van der Waals surface area contributed by atoms with E-state index in [0.29, 0.717) is 18.0 Å². The van der Waals surface area contributed by atoms with Crippen molar-refractivity contribution in [3.63, 3.8) is 0 Å². The maximum absolute atomic E-state index is 10.2. The fourth-order valence-corrected chi connectivity index (χ4v) is 13.6. The Balaban J connectivity index is 0.00000120. The Kier molecular flexibility index (Phi) is 46.8. The molecule has 83 heavy (non-hydrogen) atoms. The Hall–Kier alpha value is -3.56. The molecule has 0 heterocycles. The molecule has 0 saturated heterocycles. The molecule has 0 spiro atoms. The summed E-state index contributed by atoms with van der Waals surface area (Å²) >= 11 is 0.575. The zero-order chi connectivity index (χ0) is 59.3. The molecule has 4 rings (SSSR count). The van der Waals surface area contributed by atoms with Crippen LogP contribution in [0, 0.1) is 0 Å². The molecule has 0 unspecified atom stereocenters. The second-order valence-electron chi connectivity index (χ2n) is 24.7. The Morgan fingerprint density at radius 3 is 0.928 bits per heavy atom. The summed E-state index contributed by atoms with van der Waals surface area (Å²) < 4.78 is 2.84. The molecule has 0 bridgehead atoms. The van der Waals surface area contributed by atoms with Gasteiger partial charge in [-0.3, -0.25) is 0 Å². The van der Waals surface area contributed by atoms with Crippen molar-refractivity contribution in [2.24, 2.45) is 0 Å². The molecule has 0 aliphatic heterocycles. The Bertz CT molecular complexity index is 2160. The molecule has 0 atom stereocenters. The van der Waals surface area contributed by atoms with Crippen molar-refractivity contribution in [1.29, 1.82) is 0 Å². The molecule has 0 amide bonds. The van der Waals surface area contributed by atoms with Crippen molar-refractivity contribution in [2.45, 2.75) is 337 Å². The molecule has 0 saturated carbocycles. The first-order valence-electron chi connectivity index (χ1n) is 35.6. The molecule has 0 radical (unpaired) electrons. The van der Waals surface area contributed by atoms with E-state index in [4.69, 9.17) is 0 Å². The summed E-state index contributed by atoms with van der Waals surface area (Å²) in [5.74, 6) is 3.24. The van der Waals surface area contributed by atoms with Crippen LogP contribution in [0.3, 0.4) is 0 Å². The Labute approximate surface area is 523 Å². The Morgan fingerprint density at radius 2 is 0.614 bits per heavy atom. The van der Waals surface area contributed by atoms with Gasteiger partial charge in [0.1, 0.15) is 0 Å². The summed E-state index contributed by atoms with van der Waals surface area (Å²) in [6, 6.07) is 36.6. The van der Waals surface area contributed by atoms with Crippen LogP contribution in [-0.2, 0) is 43.7 Å². The number of hydrogen-bond donors (Lipinski definition) is 0. The van der Waals surface area contributed by atoms with E-state index in [-0.39, 0.29) is 0 Å². The van der Waals surface area contributed by atoms with Crippen molar-refractivity contribution in [1.82, 2.24) is 0 Å². The molecule has 0 aromatic heterocycles. The van der Waals surface area contributed by atoms with E-state index in [2.05, 4.69) is 149 Å². The van der Waals surface area contributed by atoms with Crippen molar-refractivity contribution in [3.8, 4) is 0 Å². The van der Waals surface area contributed by atoms with Gasteiger partial charge in [0.2, 0.25) is 0 Å². The van der Waals surface area contributed by atoms with Crippen LogP contribution in [-0.4, -0.2) is 10.7 Å². The van der Waals surface area contributed by atoms with Crippen LogP contribution >= 0.6 is 0 Å². The van der Waals surface area contributed by atoms with Crippen LogP contribution in [0.15, 0.2) is 108 Å². The van der Waals surface area contributed by atoms with Gasteiger partial charge in [-0.25, -0.2) is 0 Å². The number of rotatable bonds is 51. The van der Waals surface area contributed by atoms with E-state index in [1.54, 1.807) is 0 Å². The van der Waals surface area contributed by atoms with Gasteiger partial charge in [-0.1, -0.05) is 296 Å². The average molecular weight is 1220 g/mol. The van der Waals surface area contributed by atoms with Gasteiger partial charge < -0.3 is 5.53 Å². The van der Waals surface area contributed by atoms with Crippen molar-refractivity contribution in [3.05, 3.63) is 147 Å². The normalized spacial score (nSPS) is 11.5. The maximum atomic E-state index is 10.2. The molecule has 4 aromatic rings. The molecular weight excluding hydrogens is 1100 g/mol. The SMILES string of the molecule is CCCCCCCCCCCCCCCCCCCCCCCCC(C(=C=[N+]=[N-])CCCC)=C(c1cc(CCCC)cc(CCCC)c1)c1cc(CCCCCCCC)cc(CCCCCCCC)c1.c1cc[c]([Pd][c]2ccccc2)cc1. The summed E-state index contributed by atoms with van der Waals surface area (Å²) in [6.45, 7) is 13.9. The van der Waals surface area contributed by atoms with Gasteiger partial charge in [-0.05, 0) is 122 Å². The molecule has 0 N–H and O–H groups in total. The van der Waals surface area contributed by atoms with E-state index in [1.165, 1.54) is 297 Å². The molecule has 4 aromatic carbocycles. The minimum absolute atomic E-state index is 0.575. The summed E-state index contributed by atoms with van der Waals surface area (Å²) in [6.07, 6.45) is 60.4. The zero-order valence-electron chi connectivity index (χ0n) is 55.0. The first kappa shape index (κ1) is 73.7. The molecule has 3 heteroatoms. The summed E-state index contributed by atoms with van der Waals surface area (Å²) in [4.78, 5) is 3.69. The topological polar surface area (TPSA) is 36.4 Å². The van der Waals surface area contributed by atoms with E-state index in [0.717, 1.165) is 56.9 Å². The molecular formula is C80H126N2Pd. The minimum atomic E-state index is 0.575. The molecule has 0 aliphatic rings. The third kappa shape index (κ3) is 36.9. The molecule has 466 valence electrons. The zero-order valence-corrected chi connectivity index (χ0v) is 56.5. The third-order valence-electron chi connectivity index (χ3n) is 17.0. The summed E-state index contributed by atoms with van der Waals surface area (Å²) in [5, 5.41) is 0. The third-order valence-corrected chi connectivity index (χ3v) is 18.9. The number of nitrogens with zero attached hydrogens (tertiary/aromatic N) is 2. The molecule has 2 nitrogen and oxygen atoms in total. The van der Waals surface area contributed by atoms with E-state index < -0.39 is 0 Å².